The van der Waals surface area contributed by atoms with Gasteiger partial charge in [0.15, 0.2) is 0 Å². The van der Waals surface area contributed by atoms with Gasteiger partial charge < -0.3 is 15.2 Å². The van der Waals surface area contributed by atoms with E-state index in [1.54, 1.807) is 6.07 Å². The topological polar surface area (TPSA) is 79.3 Å². The number of nitrogens with zero attached hydrogens (tertiary/aromatic N) is 3. The van der Waals surface area contributed by atoms with Gasteiger partial charge in [0.1, 0.15) is 0 Å². The highest BCUT2D eigenvalue weighted by atomic mass is 16.2. The van der Waals surface area contributed by atoms with E-state index < -0.39 is 11.8 Å². The zero-order valence-corrected chi connectivity index (χ0v) is 16.6. The molecule has 2 heterocycles. The summed E-state index contributed by atoms with van der Waals surface area (Å²) in [6.07, 6.45) is 1.96. The van der Waals surface area contributed by atoms with E-state index in [-0.39, 0.29) is 6.04 Å². The minimum absolute atomic E-state index is 0.0410. The number of benzene rings is 1. The molecular formula is C21H25N5O2. The minimum Gasteiger partial charge on any atom is -0.353 e. The van der Waals surface area contributed by atoms with Crippen molar-refractivity contribution in [1.29, 1.82) is 0 Å². The molecule has 7 heteroatoms. The van der Waals surface area contributed by atoms with Crippen LogP contribution in [-0.2, 0) is 16.6 Å². The molecule has 146 valence electrons. The highest BCUT2D eigenvalue weighted by molar-refractivity contribution is 6.40. The van der Waals surface area contributed by atoms with Crippen molar-refractivity contribution >= 4 is 28.4 Å². The second-order valence-electron chi connectivity index (χ2n) is 7.02. The van der Waals surface area contributed by atoms with Crippen molar-refractivity contribution in [2.24, 2.45) is 7.05 Å². The van der Waals surface area contributed by atoms with Crippen LogP contribution in [0.5, 0.6) is 0 Å². The molecule has 2 aromatic heterocycles. The van der Waals surface area contributed by atoms with Crippen LogP contribution in [0.1, 0.15) is 17.4 Å². The number of carbonyl (C=O) groups is 2. The largest absolute Gasteiger partial charge is 0.353 e. The number of para-hydroxylation sites is 1. The number of carbonyl (C=O) groups excluding carboxylic acids is 2. The molecule has 0 bridgehead atoms. The van der Waals surface area contributed by atoms with E-state index in [0.717, 1.165) is 22.3 Å². The van der Waals surface area contributed by atoms with E-state index in [9.17, 15) is 9.59 Å². The fraction of sp³-hybridized carbons (Fsp3) is 0.286. The molecule has 0 fully saturated rings. The number of hydrogen-bond donors (Lipinski definition) is 2. The summed E-state index contributed by atoms with van der Waals surface area (Å²) in [5.41, 5.74) is 3.18. The van der Waals surface area contributed by atoms with Gasteiger partial charge in [-0.25, -0.2) is 0 Å². The number of amides is 2. The lowest BCUT2D eigenvalue weighted by atomic mass is 10.1. The maximum atomic E-state index is 12.4. The van der Waals surface area contributed by atoms with E-state index >= 15 is 0 Å². The number of nitrogens with one attached hydrogen (secondary N) is 2. The monoisotopic (exact) mass is 379 g/mol. The predicted molar refractivity (Wildman–Crippen MR) is 110 cm³/mol. The van der Waals surface area contributed by atoms with Crippen LogP contribution in [0, 0.1) is 6.92 Å². The molecule has 3 rings (SSSR count). The van der Waals surface area contributed by atoms with Crippen LogP contribution in [-0.4, -0.2) is 46.9 Å². The van der Waals surface area contributed by atoms with Gasteiger partial charge in [-0.2, -0.15) is 0 Å². The maximum absolute atomic E-state index is 12.4. The molecule has 0 saturated heterocycles. The Kier molecular flexibility index (Phi) is 5.75. The molecule has 2 N–H and O–H groups in total. The minimum atomic E-state index is -0.694. The van der Waals surface area contributed by atoms with E-state index in [4.69, 9.17) is 0 Å². The van der Waals surface area contributed by atoms with E-state index in [1.807, 2.05) is 80.1 Å². The molecule has 3 aromatic rings. The number of aryl methyl sites for hydroxylation is 2. The summed E-state index contributed by atoms with van der Waals surface area (Å²) in [7, 11) is 5.84. The molecule has 0 spiro atoms. The van der Waals surface area contributed by atoms with Crippen LogP contribution in [0.3, 0.4) is 0 Å². The van der Waals surface area contributed by atoms with Gasteiger partial charge in [-0.3, -0.25) is 19.5 Å². The Balaban J connectivity index is 1.70. The molecule has 0 saturated carbocycles. The third kappa shape index (κ3) is 4.20. The molecule has 28 heavy (non-hydrogen) atoms. The Morgan fingerprint density at radius 3 is 2.57 bits per heavy atom. The number of pyridine rings is 1. The van der Waals surface area contributed by atoms with Crippen molar-refractivity contribution in [3.05, 3.63) is 60.0 Å². The summed E-state index contributed by atoms with van der Waals surface area (Å²) in [6.45, 7) is 2.18. The Hall–Kier alpha value is -3.19. The average molecular weight is 379 g/mol. The zero-order chi connectivity index (χ0) is 20.3. The highest BCUT2D eigenvalue weighted by Gasteiger charge is 2.21. The molecule has 7 nitrogen and oxygen atoms in total. The first-order valence-corrected chi connectivity index (χ1v) is 9.10. The van der Waals surface area contributed by atoms with Crippen molar-refractivity contribution < 1.29 is 9.59 Å². The first-order chi connectivity index (χ1) is 13.4. The number of aromatic nitrogens is 2. The molecule has 1 aromatic carbocycles. The van der Waals surface area contributed by atoms with Gasteiger partial charge in [0.2, 0.25) is 0 Å². The fourth-order valence-corrected chi connectivity index (χ4v) is 3.23. The van der Waals surface area contributed by atoms with E-state index in [1.165, 1.54) is 0 Å². The van der Waals surface area contributed by atoms with Crippen molar-refractivity contribution in [3.8, 4) is 0 Å². The van der Waals surface area contributed by atoms with Crippen LogP contribution < -0.4 is 10.6 Å². The number of rotatable bonds is 5. The molecule has 0 radical (unpaired) electrons. The third-order valence-corrected chi connectivity index (χ3v) is 4.70. The Morgan fingerprint density at radius 2 is 1.89 bits per heavy atom. The van der Waals surface area contributed by atoms with E-state index in [2.05, 4.69) is 15.6 Å². The predicted octanol–water partition coefficient (Wildman–Crippen LogP) is 2.24. The fourth-order valence-electron chi connectivity index (χ4n) is 3.23. The highest BCUT2D eigenvalue weighted by Crippen LogP contribution is 2.23. The maximum Gasteiger partial charge on any atom is 0.313 e. The van der Waals surface area contributed by atoms with Crippen molar-refractivity contribution in [3.63, 3.8) is 0 Å². The summed E-state index contributed by atoms with van der Waals surface area (Å²) in [6, 6.07) is 13.2. The van der Waals surface area contributed by atoms with Crippen molar-refractivity contribution in [1.82, 2.24) is 19.8 Å². The Labute approximate surface area is 164 Å². The summed E-state index contributed by atoms with van der Waals surface area (Å²) in [5, 5.41) is 6.25. The van der Waals surface area contributed by atoms with Gasteiger partial charge >= 0.3 is 11.8 Å². The molecule has 1 unspecified atom stereocenters. The molecule has 0 aliphatic carbocycles. The molecule has 1 atom stereocenters. The number of likely N-dealkylation sites (N-methyl/N-ethyl adjacent to an activating group) is 1. The van der Waals surface area contributed by atoms with Crippen LogP contribution in [0.15, 0.2) is 48.7 Å². The lowest BCUT2D eigenvalue weighted by molar-refractivity contribution is -0.136. The van der Waals surface area contributed by atoms with E-state index in [0.29, 0.717) is 12.2 Å². The molecular weight excluding hydrogens is 354 g/mol. The van der Waals surface area contributed by atoms with Gasteiger partial charge in [0.25, 0.3) is 0 Å². The molecule has 0 aliphatic heterocycles. The summed E-state index contributed by atoms with van der Waals surface area (Å²) >= 11 is 0. The average Bonchev–Trinajstić information content (AvgIpc) is 3.07. The van der Waals surface area contributed by atoms with Crippen LogP contribution in [0.2, 0.25) is 0 Å². The second kappa shape index (κ2) is 8.22. The lowest BCUT2D eigenvalue weighted by Crippen LogP contribution is -2.40. The van der Waals surface area contributed by atoms with Gasteiger partial charge in [-0.15, -0.1) is 0 Å². The normalized spacial score (nSPS) is 12.2. The van der Waals surface area contributed by atoms with Gasteiger partial charge in [0, 0.05) is 36.6 Å². The smallest absolute Gasteiger partial charge is 0.313 e. The molecule has 0 aliphatic rings. The lowest BCUT2D eigenvalue weighted by Gasteiger charge is -2.25. The summed E-state index contributed by atoms with van der Waals surface area (Å²) < 4.78 is 2.00. The SMILES string of the molecule is Cc1cc(NC(=O)C(=O)NCC(c2cccn2C)N(C)C)c2ccccc2n1. The third-order valence-electron chi connectivity index (χ3n) is 4.70. The summed E-state index contributed by atoms with van der Waals surface area (Å²) in [4.78, 5) is 31.3. The molecule has 2 amide bonds. The Bertz CT molecular complexity index is 1010. The van der Waals surface area contributed by atoms with Gasteiger partial charge in [-0.1, -0.05) is 18.2 Å². The van der Waals surface area contributed by atoms with Crippen molar-refractivity contribution in [2.45, 2.75) is 13.0 Å². The first kappa shape index (κ1) is 19.6. The number of hydrogen-bond acceptors (Lipinski definition) is 4. The van der Waals surface area contributed by atoms with Crippen LogP contribution in [0.4, 0.5) is 5.69 Å². The quantitative estimate of drug-likeness (QED) is 0.667. The van der Waals surface area contributed by atoms with Crippen molar-refractivity contribution in [2.75, 3.05) is 26.0 Å². The first-order valence-electron chi connectivity index (χ1n) is 9.10. The van der Waals surface area contributed by atoms with Gasteiger partial charge in [-0.05, 0) is 45.3 Å². The number of fused-ring (bicyclic) bond motifs is 1. The van der Waals surface area contributed by atoms with Crippen LogP contribution in [0.25, 0.3) is 10.9 Å². The van der Waals surface area contributed by atoms with Crippen LogP contribution >= 0.6 is 0 Å². The second-order valence-corrected chi connectivity index (χ2v) is 7.02. The summed E-state index contributed by atoms with van der Waals surface area (Å²) in [5.74, 6) is -1.36. The number of anilines is 1. The van der Waals surface area contributed by atoms with Gasteiger partial charge in [0.05, 0.1) is 17.2 Å². The zero-order valence-electron chi connectivity index (χ0n) is 16.6. The Morgan fingerprint density at radius 1 is 1.14 bits per heavy atom. The standard InChI is InChI=1S/C21H25N5O2/c1-14-12-17(15-8-5-6-9-16(15)23-14)24-21(28)20(27)22-13-19(25(2)3)18-10-7-11-26(18)4/h5-12,19H,13H2,1-4H3,(H,22,27)(H,23,24,28).